The molecule has 5 aromatic rings. The Morgan fingerprint density at radius 1 is 0.919 bits per heavy atom. The molecule has 3 saturated heterocycles. The van der Waals surface area contributed by atoms with E-state index in [1.54, 1.807) is 44.3 Å². The molecule has 1 N–H and O–H groups in total. The summed E-state index contributed by atoms with van der Waals surface area (Å²) < 4.78 is 53.0. The van der Waals surface area contributed by atoms with Gasteiger partial charge in [0.05, 0.1) is 46.9 Å². The van der Waals surface area contributed by atoms with Crippen molar-refractivity contribution in [3.05, 3.63) is 94.5 Å². The monoisotopic (exact) mass is 885 g/mol. The number of morpholine rings is 1. The molecule has 10 rings (SSSR count). The van der Waals surface area contributed by atoms with Gasteiger partial charge in [-0.15, -0.1) is 24.5 Å². The Bertz CT molecular complexity index is 2760. The van der Waals surface area contributed by atoms with Crippen molar-refractivity contribution in [2.75, 3.05) is 41.0 Å². The Morgan fingerprint density at radius 2 is 1.65 bits per heavy atom. The van der Waals surface area contributed by atoms with Gasteiger partial charge in [-0.25, -0.2) is 4.90 Å². The number of halogens is 4. The third kappa shape index (κ3) is 6.15. The number of thiophene rings is 1. The first-order chi connectivity index (χ1) is 29.5. The number of hydrogen-bond donors (Lipinski definition) is 1. The topological polar surface area (TPSA) is 135 Å². The summed E-state index contributed by atoms with van der Waals surface area (Å²) in [4.78, 5) is 64.3. The maximum absolute atomic E-state index is 15.2. The number of rotatable bonds is 6. The number of aryl methyl sites for hydroxylation is 2. The van der Waals surface area contributed by atoms with Crippen LogP contribution in [0.15, 0.2) is 78.4 Å². The Labute approximate surface area is 362 Å². The van der Waals surface area contributed by atoms with Crippen molar-refractivity contribution < 1.29 is 46.9 Å². The highest BCUT2D eigenvalue weighted by Gasteiger charge is 2.68. The van der Waals surface area contributed by atoms with Crippen LogP contribution in [0.2, 0.25) is 5.02 Å². The van der Waals surface area contributed by atoms with Gasteiger partial charge in [-0.3, -0.25) is 28.8 Å². The van der Waals surface area contributed by atoms with Crippen LogP contribution in [0.5, 0.6) is 11.5 Å². The van der Waals surface area contributed by atoms with Crippen LogP contribution in [-0.4, -0.2) is 71.2 Å². The molecule has 12 nitrogen and oxygen atoms in total. The predicted octanol–water partition coefficient (Wildman–Crippen LogP) is 8.14. The zero-order valence-electron chi connectivity index (χ0n) is 33.6. The highest BCUT2D eigenvalue weighted by atomic mass is 35.5. The minimum Gasteiger partial charge on any atom is -0.508 e. The smallest absolute Gasteiger partial charge is 0.508 e. The Morgan fingerprint density at radius 3 is 2.37 bits per heavy atom. The Hall–Kier alpha value is -5.71. The van der Waals surface area contributed by atoms with Crippen molar-refractivity contribution >= 4 is 73.8 Å². The maximum Gasteiger partial charge on any atom is 0.573 e. The van der Waals surface area contributed by atoms with E-state index < -0.39 is 76.5 Å². The van der Waals surface area contributed by atoms with Crippen molar-refractivity contribution in [2.24, 2.45) is 36.1 Å². The van der Waals surface area contributed by atoms with Gasteiger partial charge in [-0.1, -0.05) is 23.3 Å². The number of imide groups is 2. The van der Waals surface area contributed by atoms with Gasteiger partial charge in [0.15, 0.2) is 0 Å². The van der Waals surface area contributed by atoms with E-state index in [0.29, 0.717) is 48.3 Å². The van der Waals surface area contributed by atoms with E-state index in [0.717, 1.165) is 49.3 Å². The third-order valence-corrected chi connectivity index (χ3v) is 15.0. The fourth-order valence-electron chi connectivity index (χ4n) is 10.6. The molecule has 2 aromatic heterocycles. The lowest BCUT2D eigenvalue weighted by Crippen LogP contribution is -2.49. The van der Waals surface area contributed by atoms with Crippen molar-refractivity contribution in [1.82, 2.24) is 9.78 Å². The van der Waals surface area contributed by atoms with E-state index in [4.69, 9.17) is 21.4 Å². The summed E-state index contributed by atoms with van der Waals surface area (Å²) in [5, 5.41) is 17.7. The summed E-state index contributed by atoms with van der Waals surface area (Å²) in [5.74, 6) is -7.85. The van der Waals surface area contributed by atoms with Crippen LogP contribution >= 0.6 is 22.9 Å². The second kappa shape index (κ2) is 14.4. The third-order valence-electron chi connectivity index (χ3n) is 13.5. The first-order valence-corrected chi connectivity index (χ1v) is 21.4. The number of allylic oxidation sites excluding steroid dienone is 2. The number of anilines is 3. The summed E-state index contributed by atoms with van der Waals surface area (Å²) in [6.07, 6.45) is -3.22. The Balaban J connectivity index is 1.06. The summed E-state index contributed by atoms with van der Waals surface area (Å²) in [6, 6.07) is 17.5. The van der Waals surface area contributed by atoms with Crippen molar-refractivity contribution in [2.45, 2.75) is 39.0 Å². The van der Waals surface area contributed by atoms with E-state index >= 15 is 4.79 Å². The van der Waals surface area contributed by atoms with Crippen molar-refractivity contribution in [1.29, 1.82) is 0 Å². The second-order valence-corrected chi connectivity index (χ2v) is 18.3. The van der Waals surface area contributed by atoms with Gasteiger partial charge in [0, 0.05) is 53.1 Å². The van der Waals surface area contributed by atoms with Crippen LogP contribution in [-0.2, 0) is 31.0 Å². The largest absolute Gasteiger partial charge is 0.573 e. The van der Waals surface area contributed by atoms with Gasteiger partial charge in [0.1, 0.15) is 23.0 Å². The molecule has 0 bridgehead atoms. The van der Waals surface area contributed by atoms with Crippen molar-refractivity contribution in [3.63, 3.8) is 0 Å². The number of nitrogens with zero attached hydrogens (tertiary/aromatic N) is 5. The molecule has 3 aliphatic heterocycles. The lowest BCUT2D eigenvalue weighted by molar-refractivity contribution is -0.274. The molecule has 5 aliphatic rings. The van der Waals surface area contributed by atoms with E-state index in [2.05, 4.69) is 9.64 Å². The van der Waals surface area contributed by atoms with E-state index in [1.807, 2.05) is 31.2 Å². The highest BCUT2D eigenvalue weighted by molar-refractivity contribution is 7.22. The second-order valence-electron chi connectivity index (χ2n) is 16.8. The normalized spacial score (nSPS) is 26.3. The molecule has 62 heavy (non-hydrogen) atoms. The first kappa shape index (κ1) is 40.4. The fourth-order valence-corrected chi connectivity index (χ4v) is 12.0. The number of phenols is 1. The lowest BCUT2D eigenvalue weighted by Gasteiger charge is -2.49. The molecule has 0 unspecified atom stereocenters. The number of amides is 4. The average molecular weight is 886 g/mol. The molecule has 0 spiro atoms. The molecule has 4 fully saturated rings. The number of aromatic nitrogens is 2. The molecule has 17 heteroatoms. The summed E-state index contributed by atoms with van der Waals surface area (Å²) in [5.41, 5.74) is 1.48. The maximum atomic E-state index is 15.2. The molecule has 320 valence electrons. The number of aromatic hydroxyl groups is 1. The number of benzene rings is 3. The minimum atomic E-state index is -5.07. The van der Waals surface area contributed by atoms with Gasteiger partial charge < -0.3 is 19.5 Å². The first-order valence-electron chi connectivity index (χ1n) is 20.3. The van der Waals surface area contributed by atoms with Crippen molar-refractivity contribution in [3.8, 4) is 22.1 Å². The number of hydrogen-bond acceptors (Lipinski definition) is 10. The minimum absolute atomic E-state index is 0.00963. The summed E-state index contributed by atoms with van der Waals surface area (Å²) >= 11 is 7.79. The molecular weight excluding hydrogens is 847 g/mol. The van der Waals surface area contributed by atoms with Gasteiger partial charge in [0.25, 0.3) is 0 Å². The molecule has 1 saturated carbocycles. The predicted molar refractivity (Wildman–Crippen MR) is 225 cm³/mol. The van der Waals surface area contributed by atoms with Gasteiger partial charge in [-0.05, 0) is 104 Å². The number of fused-ring (bicyclic) bond motifs is 5. The molecule has 5 heterocycles. The quantitative estimate of drug-likeness (QED) is 0.133. The van der Waals surface area contributed by atoms with Crippen LogP contribution in [0, 0.1) is 36.0 Å². The average Bonchev–Trinajstić information content (AvgIpc) is 3.91. The van der Waals surface area contributed by atoms with Crippen LogP contribution in [0.1, 0.15) is 36.8 Å². The van der Waals surface area contributed by atoms with Crippen LogP contribution in [0.3, 0.4) is 0 Å². The highest BCUT2D eigenvalue weighted by Crippen LogP contribution is 2.65. The number of phenolic OH excluding ortho intramolecular Hbond substituents is 1. The number of alkyl halides is 3. The lowest BCUT2D eigenvalue weighted by atomic mass is 9.51. The summed E-state index contributed by atoms with van der Waals surface area (Å²) in [7, 11) is 1.61. The standard InChI is InChI=1S/C45H39ClF3N5O7S/c1-22-29-18-23(46)4-13-35(29)62-39(22)33-21-36(51(3)50-33)54-41(57)32-20-30-27(38(44(32,2)43(54)59)31-19-26(9-12-34(31)55)61-45(47,48)49)10-11-28-37(30)42(58)53(40(28)56)25-7-5-24(6-8-25)52-14-16-60-17-15-52/h4-10,12-13,18-19,21,28,30,32,37-38,55H,11,14-17,20H2,1-3H3/t28-,30+,32-,37-,38+,44+/m0/s1. The van der Waals surface area contributed by atoms with Crippen LogP contribution in [0.25, 0.3) is 20.7 Å². The molecule has 0 radical (unpaired) electrons. The molecule has 2 aliphatic carbocycles. The number of ether oxygens (including phenoxy) is 2. The van der Waals surface area contributed by atoms with Crippen LogP contribution in [0.4, 0.5) is 30.4 Å². The summed E-state index contributed by atoms with van der Waals surface area (Å²) in [6.45, 7) is 6.09. The zero-order valence-corrected chi connectivity index (χ0v) is 35.2. The van der Waals surface area contributed by atoms with Gasteiger partial charge in [-0.2, -0.15) is 5.10 Å². The molecule has 6 atom stereocenters. The van der Waals surface area contributed by atoms with E-state index in [9.17, 15) is 32.7 Å². The molecular formula is C45H39ClF3N5O7S. The molecule has 4 amide bonds. The number of carbonyl (C=O) groups excluding carboxylic acids is 4. The number of carbonyl (C=O) groups is 4. The fraction of sp³-hybridized carbons (Fsp3) is 0.356. The SMILES string of the molecule is Cc1c(-c2cc(N3C(=O)[C@@H]4C[C@@H]5C(=CC[C@@H]6C(=O)N(c7ccc(N8CCOCC8)cc7)C(=O)[C@@H]65)[C@H](c5cc(OC(F)(F)F)ccc5O)[C@]4(C)C3=O)n(C)n2)sc2ccc(Cl)cc12. The zero-order chi connectivity index (χ0) is 43.6. The van der Waals surface area contributed by atoms with Crippen LogP contribution < -0.4 is 19.4 Å². The van der Waals surface area contributed by atoms with E-state index in [-0.39, 0.29) is 24.2 Å². The van der Waals surface area contributed by atoms with Gasteiger partial charge in [0.2, 0.25) is 23.6 Å². The van der Waals surface area contributed by atoms with E-state index in [1.165, 1.54) is 20.9 Å². The van der Waals surface area contributed by atoms with Gasteiger partial charge >= 0.3 is 6.36 Å². The molecule has 3 aromatic carbocycles. The Kier molecular flexibility index (Phi) is 9.39.